The van der Waals surface area contributed by atoms with Gasteiger partial charge in [0.25, 0.3) is 5.91 Å². The lowest BCUT2D eigenvalue weighted by atomic mass is 10.3. The lowest BCUT2D eigenvalue weighted by Crippen LogP contribution is -2.21. The number of amides is 1. The Bertz CT molecular complexity index is 696. The van der Waals surface area contributed by atoms with Crippen LogP contribution in [0, 0.1) is 0 Å². The predicted octanol–water partition coefficient (Wildman–Crippen LogP) is 1.44. The first kappa shape index (κ1) is 19.5. The van der Waals surface area contributed by atoms with Crippen LogP contribution in [0.15, 0.2) is 36.5 Å². The highest BCUT2D eigenvalue weighted by Gasteiger charge is 2.04. The molecule has 0 atom stereocenters. The van der Waals surface area contributed by atoms with Gasteiger partial charge in [-0.1, -0.05) is 12.1 Å². The van der Waals surface area contributed by atoms with Gasteiger partial charge in [-0.15, -0.1) is 0 Å². The van der Waals surface area contributed by atoms with Crippen LogP contribution in [-0.4, -0.2) is 49.2 Å². The smallest absolute Gasteiger partial charge is 0.267 e. The van der Waals surface area contributed by atoms with Crippen LogP contribution in [0.1, 0.15) is 23.3 Å². The fraction of sp³-hybridized carbons (Fsp3) is 0.389. The first-order valence-electron chi connectivity index (χ1n) is 8.54. The van der Waals surface area contributed by atoms with Gasteiger partial charge >= 0.3 is 0 Å². The highest BCUT2D eigenvalue weighted by molar-refractivity contribution is 5.90. The average molecular weight is 359 g/mol. The molecule has 8 nitrogen and oxygen atoms in total. The molecule has 2 rings (SSSR count). The molecule has 0 aliphatic heterocycles. The number of carbonyl (C=O) groups excluding carboxylic acids is 1. The number of rotatable bonds is 12. The lowest BCUT2D eigenvalue weighted by molar-refractivity contribution is 0.0995. The van der Waals surface area contributed by atoms with Gasteiger partial charge in [0.2, 0.25) is 5.95 Å². The van der Waals surface area contributed by atoms with E-state index < -0.39 is 5.91 Å². The number of aromatic nitrogens is 2. The van der Waals surface area contributed by atoms with E-state index in [-0.39, 0.29) is 5.69 Å². The summed E-state index contributed by atoms with van der Waals surface area (Å²) in [6.45, 7) is 3.05. The molecule has 0 saturated heterocycles. The standard InChI is InChI=1S/C18H25N5O3/c1-25-15-6-2-3-7-16(15)26-13-5-10-20-9-4-11-21-18-22-12-8-14(23-18)17(19)24/h2-3,6-8,12,20H,4-5,9-11,13H2,1H3,(H2,19,24)(H,21,22,23). The molecule has 0 fully saturated rings. The SMILES string of the molecule is COc1ccccc1OCCCNCCCNc1nccc(C(N)=O)n1. The van der Waals surface area contributed by atoms with E-state index in [1.54, 1.807) is 7.11 Å². The summed E-state index contributed by atoms with van der Waals surface area (Å²) < 4.78 is 11.0. The molecule has 0 unspecified atom stereocenters. The predicted molar refractivity (Wildman–Crippen MR) is 99.6 cm³/mol. The maximum Gasteiger partial charge on any atom is 0.267 e. The van der Waals surface area contributed by atoms with Crippen molar-refractivity contribution in [2.75, 3.05) is 38.7 Å². The van der Waals surface area contributed by atoms with Gasteiger partial charge in [-0.2, -0.15) is 0 Å². The molecule has 1 aromatic heterocycles. The van der Waals surface area contributed by atoms with Crippen LogP contribution in [0.5, 0.6) is 11.5 Å². The van der Waals surface area contributed by atoms with Crippen molar-refractivity contribution >= 4 is 11.9 Å². The van der Waals surface area contributed by atoms with E-state index >= 15 is 0 Å². The summed E-state index contributed by atoms with van der Waals surface area (Å²) >= 11 is 0. The molecule has 1 heterocycles. The van der Waals surface area contributed by atoms with E-state index in [1.807, 2.05) is 24.3 Å². The number of methoxy groups -OCH3 is 1. The Hall–Kier alpha value is -2.87. The molecular formula is C18H25N5O3. The number of hydrogen-bond donors (Lipinski definition) is 3. The van der Waals surface area contributed by atoms with E-state index in [2.05, 4.69) is 20.6 Å². The first-order chi connectivity index (χ1) is 12.7. The van der Waals surface area contributed by atoms with Gasteiger partial charge in [0.1, 0.15) is 5.69 Å². The van der Waals surface area contributed by atoms with Crippen molar-refractivity contribution in [2.45, 2.75) is 12.8 Å². The number of benzene rings is 1. The number of para-hydroxylation sites is 2. The highest BCUT2D eigenvalue weighted by atomic mass is 16.5. The largest absolute Gasteiger partial charge is 0.493 e. The molecule has 0 aliphatic carbocycles. The maximum atomic E-state index is 11.1. The fourth-order valence-electron chi connectivity index (χ4n) is 2.24. The molecule has 2 aromatic rings. The molecule has 0 aliphatic rings. The lowest BCUT2D eigenvalue weighted by Gasteiger charge is -2.10. The van der Waals surface area contributed by atoms with Crippen LogP contribution in [-0.2, 0) is 0 Å². The van der Waals surface area contributed by atoms with Crippen LogP contribution in [0.4, 0.5) is 5.95 Å². The van der Waals surface area contributed by atoms with E-state index in [9.17, 15) is 4.79 Å². The number of nitrogens with zero attached hydrogens (tertiary/aromatic N) is 2. The summed E-state index contributed by atoms with van der Waals surface area (Å²) in [5.74, 6) is 1.35. The number of ether oxygens (including phenoxy) is 2. The van der Waals surface area contributed by atoms with Crippen molar-refractivity contribution < 1.29 is 14.3 Å². The van der Waals surface area contributed by atoms with E-state index in [1.165, 1.54) is 12.3 Å². The van der Waals surface area contributed by atoms with Gasteiger partial charge in [-0.3, -0.25) is 4.79 Å². The summed E-state index contributed by atoms with van der Waals surface area (Å²) in [6, 6.07) is 9.10. The third kappa shape index (κ3) is 6.56. The van der Waals surface area contributed by atoms with Crippen LogP contribution in [0.25, 0.3) is 0 Å². The Morgan fingerprint density at radius 3 is 2.65 bits per heavy atom. The minimum Gasteiger partial charge on any atom is -0.493 e. The van der Waals surface area contributed by atoms with Crippen molar-refractivity contribution in [1.29, 1.82) is 0 Å². The minimum atomic E-state index is -0.563. The molecule has 0 saturated carbocycles. The van der Waals surface area contributed by atoms with Crippen LogP contribution >= 0.6 is 0 Å². The van der Waals surface area contributed by atoms with Crippen molar-refractivity contribution in [2.24, 2.45) is 5.73 Å². The van der Waals surface area contributed by atoms with Gasteiger partial charge in [0.05, 0.1) is 13.7 Å². The van der Waals surface area contributed by atoms with Crippen LogP contribution in [0.3, 0.4) is 0 Å². The molecule has 0 spiro atoms. The number of primary amides is 1. The number of nitrogens with one attached hydrogen (secondary N) is 2. The number of nitrogens with two attached hydrogens (primary N) is 1. The topological polar surface area (TPSA) is 111 Å². The van der Waals surface area contributed by atoms with Gasteiger partial charge < -0.3 is 25.8 Å². The van der Waals surface area contributed by atoms with Crippen molar-refractivity contribution in [3.8, 4) is 11.5 Å². The van der Waals surface area contributed by atoms with Gasteiger partial charge in [0, 0.05) is 12.7 Å². The Kier molecular flexibility index (Phi) is 8.14. The second-order valence-corrected chi connectivity index (χ2v) is 5.51. The quantitative estimate of drug-likeness (QED) is 0.492. The molecule has 140 valence electrons. The van der Waals surface area contributed by atoms with Crippen molar-refractivity contribution in [3.63, 3.8) is 0 Å². The maximum absolute atomic E-state index is 11.1. The fourth-order valence-corrected chi connectivity index (χ4v) is 2.24. The van der Waals surface area contributed by atoms with E-state index in [0.717, 1.165) is 37.4 Å². The normalized spacial score (nSPS) is 10.3. The molecule has 8 heteroatoms. The zero-order valence-corrected chi connectivity index (χ0v) is 14.9. The van der Waals surface area contributed by atoms with Gasteiger partial charge in [-0.25, -0.2) is 9.97 Å². The molecule has 1 aromatic carbocycles. The Labute approximate surface area is 153 Å². The summed E-state index contributed by atoms with van der Waals surface area (Å²) in [6.07, 6.45) is 3.31. The average Bonchev–Trinajstić information content (AvgIpc) is 2.67. The van der Waals surface area contributed by atoms with E-state index in [4.69, 9.17) is 15.2 Å². The van der Waals surface area contributed by atoms with Crippen LogP contribution in [0.2, 0.25) is 0 Å². The number of hydrogen-bond acceptors (Lipinski definition) is 7. The third-order valence-electron chi connectivity index (χ3n) is 3.55. The van der Waals surface area contributed by atoms with Crippen molar-refractivity contribution in [1.82, 2.24) is 15.3 Å². The second-order valence-electron chi connectivity index (χ2n) is 5.51. The molecule has 0 radical (unpaired) electrons. The summed E-state index contributed by atoms with van der Waals surface area (Å²) in [5, 5.41) is 6.42. The number of carbonyl (C=O) groups is 1. The Morgan fingerprint density at radius 2 is 1.88 bits per heavy atom. The van der Waals surface area contributed by atoms with E-state index in [0.29, 0.717) is 19.1 Å². The Balaban J connectivity index is 1.52. The molecule has 0 bridgehead atoms. The summed E-state index contributed by atoms with van der Waals surface area (Å²) in [7, 11) is 1.63. The van der Waals surface area contributed by atoms with Crippen molar-refractivity contribution in [3.05, 3.63) is 42.2 Å². The first-order valence-corrected chi connectivity index (χ1v) is 8.54. The molecule has 1 amide bonds. The zero-order chi connectivity index (χ0) is 18.6. The monoisotopic (exact) mass is 359 g/mol. The van der Waals surface area contributed by atoms with Gasteiger partial charge in [0.15, 0.2) is 11.5 Å². The molecule has 4 N–H and O–H groups in total. The van der Waals surface area contributed by atoms with Gasteiger partial charge in [-0.05, 0) is 44.1 Å². The number of anilines is 1. The third-order valence-corrected chi connectivity index (χ3v) is 3.55. The highest BCUT2D eigenvalue weighted by Crippen LogP contribution is 2.25. The summed E-state index contributed by atoms with van der Waals surface area (Å²) in [4.78, 5) is 19.1. The second kappa shape index (κ2) is 10.9. The molecule has 26 heavy (non-hydrogen) atoms. The summed E-state index contributed by atoms with van der Waals surface area (Å²) in [5.41, 5.74) is 5.39. The van der Waals surface area contributed by atoms with Crippen LogP contribution < -0.4 is 25.8 Å². The Morgan fingerprint density at radius 1 is 1.12 bits per heavy atom. The zero-order valence-electron chi connectivity index (χ0n) is 14.9. The minimum absolute atomic E-state index is 0.204. The molecular weight excluding hydrogens is 334 g/mol.